The molecule has 1 fully saturated rings. The quantitative estimate of drug-likeness (QED) is 0.563. The summed E-state index contributed by atoms with van der Waals surface area (Å²) < 4.78 is 21.6. The first-order valence-electron chi connectivity index (χ1n) is 9.65. The fourth-order valence-electron chi connectivity index (χ4n) is 3.60. The summed E-state index contributed by atoms with van der Waals surface area (Å²) in [7, 11) is 4.62. The Hall–Kier alpha value is -3.26. The lowest BCUT2D eigenvalue weighted by molar-refractivity contribution is -0.117. The van der Waals surface area contributed by atoms with Crippen molar-refractivity contribution in [1.29, 1.82) is 0 Å². The summed E-state index contributed by atoms with van der Waals surface area (Å²) in [6.07, 6.45) is 0.280. The zero-order chi connectivity index (χ0) is 22.1. The van der Waals surface area contributed by atoms with Crippen LogP contribution in [0.15, 0.2) is 34.9 Å². The third-order valence-corrected chi connectivity index (χ3v) is 5.71. The van der Waals surface area contributed by atoms with E-state index >= 15 is 0 Å². The second-order valence-electron chi connectivity index (χ2n) is 7.21. The van der Waals surface area contributed by atoms with E-state index in [4.69, 9.17) is 30.3 Å². The number of hydrogen-bond donors (Lipinski definition) is 0. The van der Waals surface area contributed by atoms with E-state index in [0.29, 0.717) is 46.1 Å². The average molecular weight is 444 g/mol. The lowest BCUT2D eigenvalue weighted by Crippen LogP contribution is -2.24. The first-order chi connectivity index (χ1) is 14.9. The average Bonchev–Trinajstić information content (AvgIpc) is 3.41. The molecule has 0 unspecified atom stereocenters. The number of amides is 1. The van der Waals surface area contributed by atoms with Gasteiger partial charge < -0.3 is 23.6 Å². The Kier molecular flexibility index (Phi) is 5.73. The van der Waals surface area contributed by atoms with Crippen LogP contribution in [0.2, 0.25) is 5.02 Å². The lowest BCUT2D eigenvalue weighted by atomic mass is 10.1. The summed E-state index contributed by atoms with van der Waals surface area (Å²) in [6, 6.07) is 9.07. The van der Waals surface area contributed by atoms with Crippen molar-refractivity contribution in [2.45, 2.75) is 19.3 Å². The molecule has 1 aliphatic rings. The molecule has 0 aliphatic carbocycles. The summed E-state index contributed by atoms with van der Waals surface area (Å²) in [5.41, 5.74) is 2.36. The maximum atomic E-state index is 12.6. The van der Waals surface area contributed by atoms with Crippen LogP contribution in [0.4, 0.5) is 5.69 Å². The van der Waals surface area contributed by atoms with E-state index in [-0.39, 0.29) is 18.2 Å². The summed E-state index contributed by atoms with van der Waals surface area (Å²) in [5.74, 6) is 2.00. The van der Waals surface area contributed by atoms with Crippen LogP contribution in [-0.2, 0) is 4.79 Å². The van der Waals surface area contributed by atoms with Gasteiger partial charge in [-0.25, -0.2) is 0 Å². The van der Waals surface area contributed by atoms with Gasteiger partial charge >= 0.3 is 0 Å². The van der Waals surface area contributed by atoms with Gasteiger partial charge in [0.15, 0.2) is 11.5 Å². The van der Waals surface area contributed by atoms with Crippen molar-refractivity contribution in [3.05, 3.63) is 46.8 Å². The SMILES string of the molecule is COc1cc(-c2noc([C@H]3CC(=O)N(c4ccc(C)c(Cl)c4)C3)n2)cc(OC)c1OC. The number of nitrogens with zero attached hydrogens (tertiary/aromatic N) is 3. The number of benzene rings is 2. The van der Waals surface area contributed by atoms with Crippen LogP contribution < -0.4 is 19.1 Å². The van der Waals surface area contributed by atoms with Crippen LogP contribution >= 0.6 is 11.6 Å². The second kappa shape index (κ2) is 8.47. The standard InChI is InChI=1S/C22H22ClN3O5/c1-12-5-6-15(10-16(12)23)26-11-14(9-19(26)27)22-24-21(25-31-22)13-7-17(28-2)20(30-4)18(8-13)29-3/h5-8,10,14H,9,11H2,1-4H3/t14-/m0/s1. The predicted octanol–water partition coefficient (Wildman–Crippen LogP) is 4.24. The van der Waals surface area contributed by atoms with E-state index in [1.807, 2.05) is 19.1 Å². The number of aryl methyl sites for hydroxylation is 1. The van der Waals surface area contributed by atoms with Gasteiger partial charge in [0.1, 0.15) is 0 Å². The Balaban J connectivity index is 1.59. The molecule has 8 nitrogen and oxygen atoms in total. The minimum Gasteiger partial charge on any atom is -0.493 e. The normalized spacial score (nSPS) is 16.0. The molecule has 0 spiro atoms. The Morgan fingerprint density at radius 2 is 1.81 bits per heavy atom. The maximum absolute atomic E-state index is 12.6. The maximum Gasteiger partial charge on any atom is 0.232 e. The molecule has 2 heterocycles. The molecule has 3 aromatic rings. The number of aromatic nitrogens is 2. The van der Waals surface area contributed by atoms with Gasteiger partial charge in [-0.1, -0.05) is 22.8 Å². The van der Waals surface area contributed by atoms with Crippen molar-refractivity contribution >= 4 is 23.2 Å². The van der Waals surface area contributed by atoms with E-state index < -0.39 is 0 Å². The highest BCUT2D eigenvalue weighted by Gasteiger charge is 2.35. The van der Waals surface area contributed by atoms with Crippen LogP contribution in [0.1, 0.15) is 23.8 Å². The number of methoxy groups -OCH3 is 3. The highest BCUT2D eigenvalue weighted by Crippen LogP contribution is 2.41. The summed E-state index contributed by atoms with van der Waals surface area (Å²) in [4.78, 5) is 18.8. The van der Waals surface area contributed by atoms with Crippen molar-refractivity contribution in [3.8, 4) is 28.6 Å². The van der Waals surface area contributed by atoms with Gasteiger partial charge in [-0.2, -0.15) is 4.98 Å². The number of carbonyl (C=O) groups excluding carboxylic acids is 1. The van der Waals surface area contributed by atoms with Crippen molar-refractivity contribution in [1.82, 2.24) is 10.1 Å². The van der Waals surface area contributed by atoms with Crippen LogP contribution in [0.5, 0.6) is 17.2 Å². The van der Waals surface area contributed by atoms with Crippen molar-refractivity contribution < 1.29 is 23.5 Å². The molecule has 1 aliphatic heterocycles. The molecule has 0 N–H and O–H groups in total. The van der Waals surface area contributed by atoms with Gasteiger partial charge in [-0.05, 0) is 36.8 Å². The van der Waals surface area contributed by atoms with Gasteiger partial charge in [-0.3, -0.25) is 4.79 Å². The molecule has 4 rings (SSSR count). The zero-order valence-electron chi connectivity index (χ0n) is 17.6. The van der Waals surface area contributed by atoms with Crippen molar-refractivity contribution in [3.63, 3.8) is 0 Å². The molecule has 31 heavy (non-hydrogen) atoms. The molecule has 9 heteroatoms. The molecule has 0 saturated carbocycles. The Morgan fingerprint density at radius 1 is 1.10 bits per heavy atom. The Labute approximate surface area is 184 Å². The third-order valence-electron chi connectivity index (χ3n) is 5.31. The molecule has 1 amide bonds. The van der Waals surface area contributed by atoms with Crippen LogP contribution in [-0.4, -0.2) is 43.9 Å². The number of hydrogen-bond acceptors (Lipinski definition) is 7. The number of rotatable bonds is 6. The topological polar surface area (TPSA) is 86.9 Å². The fraction of sp³-hybridized carbons (Fsp3) is 0.318. The lowest BCUT2D eigenvalue weighted by Gasteiger charge is -2.17. The molecule has 162 valence electrons. The van der Waals surface area contributed by atoms with E-state index in [1.54, 1.807) is 37.3 Å². The highest BCUT2D eigenvalue weighted by molar-refractivity contribution is 6.31. The largest absolute Gasteiger partial charge is 0.493 e. The number of carbonyl (C=O) groups is 1. The van der Waals surface area contributed by atoms with Crippen LogP contribution in [0.3, 0.4) is 0 Å². The highest BCUT2D eigenvalue weighted by atomic mass is 35.5. The predicted molar refractivity (Wildman–Crippen MR) is 115 cm³/mol. The summed E-state index contributed by atoms with van der Waals surface area (Å²) >= 11 is 6.23. The molecule has 1 saturated heterocycles. The Morgan fingerprint density at radius 3 is 2.42 bits per heavy atom. The van der Waals surface area contributed by atoms with Gasteiger partial charge in [0, 0.05) is 29.2 Å². The third kappa shape index (κ3) is 3.90. The summed E-state index contributed by atoms with van der Waals surface area (Å²) in [6.45, 7) is 2.36. The van der Waals surface area contributed by atoms with Crippen molar-refractivity contribution in [2.24, 2.45) is 0 Å². The van der Waals surface area contributed by atoms with Gasteiger partial charge in [-0.15, -0.1) is 0 Å². The first-order valence-corrected chi connectivity index (χ1v) is 10.0. The van der Waals surface area contributed by atoms with Gasteiger partial charge in [0.05, 0.1) is 27.2 Å². The van der Waals surface area contributed by atoms with Gasteiger partial charge in [0.25, 0.3) is 0 Å². The van der Waals surface area contributed by atoms with Crippen molar-refractivity contribution in [2.75, 3.05) is 32.8 Å². The molecular weight excluding hydrogens is 422 g/mol. The van der Waals surface area contributed by atoms with E-state index in [9.17, 15) is 4.79 Å². The molecule has 0 radical (unpaired) electrons. The van der Waals surface area contributed by atoms with E-state index in [1.165, 1.54) is 7.11 Å². The monoisotopic (exact) mass is 443 g/mol. The second-order valence-corrected chi connectivity index (χ2v) is 7.62. The smallest absolute Gasteiger partial charge is 0.232 e. The number of halogens is 1. The van der Waals surface area contributed by atoms with Crippen LogP contribution in [0.25, 0.3) is 11.4 Å². The fourth-order valence-corrected chi connectivity index (χ4v) is 3.78. The van der Waals surface area contributed by atoms with E-state index in [0.717, 1.165) is 11.3 Å². The van der Waals surface area contributed by atoms with Gasteiger partial charge in [0.2, 0.25) is 23.4 Å². The molecule has 2 aromatic carbocycles. The summed E-state index contributed by atoms with van der Waals surface area (Å²) in [5, 5.41) is 4.72. The number of ether oxygens (including phenoxy) is 3. The first kappa shape index (κ1) is 21.0. The molecular formula is C22H22ClN3O5. The molecule has 0 bridgehead atoms. The molecule has 1 atom stereocenters. The molecule has 1 aromatic heterocycles. The zero-order valence-corrected chi connectivity index (χ0v) is 18.4. The number of anilines is 1. The van der Waals surface area contributed by atoms with Crippen LogP contribution in [0, 0.1) is 6.92 Å². The van der Waals surface area contributed by atoms with E-state index in [2.05, 4.69) is 10.1 Å². The Bertz CT molecular complexity index is 1110. The minimum atomic E-state index is -0.212. The minimum absolute atomic E-state index is 0.0162.